The van der Waals surface area contributed by atoms with Crippen molar-refractivity contribution in [1.29, 1.82) is 0 Å². The van der Waals surface area contributed by atoms with Crippen molar-refractivity contribution >= 4 is 0 Å². The number of hydrogen-bond donors (Lipinski definition) is 1. The number of benzene rings is 1. The van der Waals surface area contributed by atoms with Gasteiger partial charge in [0.15, 0.2) is 0 Å². The summed E-state index contributed by atoms with van der Waals surface area (Å²) in [7, 11) is 0. The van der Waals surface area contributed by atoms with Crippen LogP contribution in [0.15, 0.2) is 30.5 Å². The number of rotatable bonds is 5. The van der Waals surface area contributed by atoms with Gasteiger partial charge in [0, 0.05) is 12.7 Å². The van der Waals surface area contributed by atoms with Crippen molar-refractivity contribution in [1.82, 2.24) is 15.1 Å². The number of hydrogen-bond acceptors (Lipinski definition) is 2. The molecule has 2 aromatic rings. The summed E-state index contributed by atoms with van der Waals surface area (Å²) in [4.78, 5) is 0. The number of nitrogens with zero attached hydrogens (tertiary/aromatic N) is 2. The van der Waals surface area contributed by atoms with E-state index >= 15 is 0 Å². The van der Waals surface area contributed by atoms with Gasteiger partial charge in [-0.2, -0.15) is 5.10 Å². The lowest BCUT2D eigenvalue weighted by molar-refractivity contribution is 0.546. The molecule has 1 N–H and O–H groups in total. The summed E-state index contributed by atoms with van der Waals surface area (Å²) in [6, 6.07) is 8.57. The fourth-order valence-corrected chi connectivity index (χ4v) is 2.17. The van der Waals surface area contributed by atoms with Gasteiger partial charge >= 0.3 is 0 Å². The lowest BCUT2D eigenvalue weighted by atomic mass is 10.1. The zero-order chi connectivity index (χ0) is 13.8. The monoisotopic (exact) mass is 257 g/mol. The molecule has 3 nitrogen and oxygen atoms in total. The molecule has 0 unspecified atom stereocenters. The molecule has 102 valence electrons. The third kappa shape index (κ3) is 3.93. The van der Waals surface area contributed by atoms with Crippen LogP contribution in [-0.2, 0) is 6.54 Å². The molecule has 0 radical (unpaired) electrons. The highest BCUT2D eigenvalue weighted by Gasteiger charge is 2.03. The van der Waals surface area contributed by atoms with Gasteiger partial charge in [-0.3, -0.25) is 0 Å². The van der Waals surface area contributed by atoms with Crippen molar-refractivity contribution in [3.8, 4) is 5.69 Å². The molecular formula is C16H23N3. The minimum atomic E-state index is 0.668. The van der Waals surface area contributed by atoms with Crippen LogP contribution < -0.4 is 5.32 Å². The Morgan fingerprint density at radius 1 is 1.16 bits per heavy atom. The van der Waals surface area contributed by atoms with Crippen LogP contribution >= 0.6 is 0 Å². The molecule has 19 heavy (non-hydrogen) atoms. The molecule has 0 spiro atoms. The van der Waals surface area contributed by atoms with E-state index in [4.69, 9.17) is 0 Å². The van der Waals surface area contributed by atoms with E-state index < -0.39 is 0 Å². The number of nitrogens with one attached hydrogen (secondary N) is 1. The molecule has 0 fully saturated rings. The molecule has 0 atom stereocenters. The van der Waals surface area contributed by atoms with Crippen LogP contribution in [0.5, 0.6) is 0 Å². The summed E-state index contributed by atoms with van der Waals surface area (Å²) in [5, 5.41) is 8.03. The van der Waals surface area contributed by atoms with Gasteiger partial charge in [-0.05, 0) is 55.6 Å². The van der Waals surface area contributed by atoms with Gasteiger partial charge in [-0.15, -0.1) is 0 Å². The van der Waals surface area contributed by atoms with Crippen molar-refractivity contribution in [3.05, 3.63) is 47.3 Å². The molecule has 1 aromatic heterocycles. The van der Waals surface area contributed by atoms with Gasteiger partial charge in [-0.25, -0.2) is 4.68 Å². The van der Waals surface area contributed by atoms with Gasteiger partial charge in [-0.1, -0.05) is 19.9 Å². The van der Waals surface area contributed by atoms with Crippen LogP contribution in [0.1, 0.15) is 30.7 Å². The Kier molecular flexibility index (Phi) is 4.38. The molecule has 0 amide bonds. The third-order valence-electron chi connectivity index (χ3n) is 2.97. The van der Waals surface area contributed by atoms with E-state index in [1.165, 1.54) is 11.1 Å². The highest BCUT2D eigenvalue weighted by molar-refractivity contribution is 5.38. The van der Waals surface area contributed by atoms with E-state index in [0.717, 1.165) is 24.5 Å². The molecule has 1 aromatic carbocycles. The first-order valence-electron chi connectivity index (χ1n) is 6.88. The average Bonchev–Trinajstić information content (AvgIpc) is 2.76. The summed E-state index contributed by atoms with van der Waals surface area (Å²) >= 11 is 0. The van der Waals surface area contributed by atoms with Crippen LogP contribution in [0.2, 0.25) is 0 Å². The van der Waals surface area contributed by atoms with Crippen molar-refractivity contribution in [2.75, 3.05) is 6.54 Å². The molecule has 0 saturated carbocycles. The quantitative estimate of drug-likeness (QED) is 0.891. The molecule has 0 bridgehead atoms. The maximum Gasteiger partial charge on any atom is 0.0766 e. The molecule has 2 rings (SSSR count). The minimum Gasteiger partial charge on any atom is -0.311 e. The highest BCUT2D eigenvalue weighted by atomic mass is 15.3. The van der Waals surface area contributed by atoms with Gasteiger partial charge in [0.05, 0.1) is 11.4 Å². The topological polar surface area (TPSA) is 29.9 Å². The summed E-state index contributed by atoms with van der Waals surface area (Å²) < 4.78 is 1.95. The van der Waals surface area contributed by atoms with E-state index in [1.807, 2.05) is 10.9 Å². The fourth-order valence-electron chi connectivity index (χ4n) is 2.17. The molecule has 0 aliphatic rings. The largest absolute Gasteiger partial charge is 0.311 e. The summed E-state index contributed by atoms with van der Waals surface area (Å²) in [6.45, 7) is 10.5. The van der Waals surface area contributed by atoms with Crippen LogP contribution in [0, 0.1) is 19.8 Å². The first kappa shape index (κ1) is 13.8. The zero-order valence-corrected chi connectivity index (χ0v) is 12.3. The molecule has 0 aliphatic carbocycles. The zero-order valence-electron chi connectivity index (χ0n) is 12.3. The number of aromatic nitrogens is 2. The van der Waals surface area contributed by atoms with E-state index in [-0.39, 0.29) is 0 Å². The van der Waals surface area contributed by atoms with Crippen molar-refractivity contribution in [2.45, 2.75) is 34.2 Å². The van der Waals surface area contributed by atoms with E-state index in [0.29, 0.717) is 5.92 Å². The Hall–Kier alpha value is -1.61. The fraction of sp³-hybridized carbons (Fsp3) is 0.438. The summed E-state index contributed by atoms with van der Waals surface area (Å²) in [6.07, 6.45) is 2.03. The van der Waals surface area contributed by atoms with Crippen LogP contribution in [0.25, 0.3) is 5.69 Å². The van der Waals surface area contributed by atoms with Crippen LogP contribution in [0.4, 0.5) is 0 Å². The lowest BCUT2D eigenvalue weighted by Crippen LogP contribution is -2.19. The van der Waals surface area contributed by atoms with E-state index in [1.54, 1.807) is 0 Å². The smallest absolute Gasteiger partial charge is 0.0766 e. The standard InChI is InChI=1S/C16H23N3/c1-12(2)10-17-11-15-5-6-19(18-15)16-8-13(3)7-14(4)9-16/h5-9,12,17H,10-11H2,1-4H3. The minimum absolute atomic E-state index is 0.668. The Morgan fingerprint density at radius 3 is 2.47 bits per heavy atom. The Balaban J connectivity index is 2.07. The molecule has 3 heteroatoms. The first-order valence-corrected chi connectivity index (χ1v) is 6.88. The Bertz CT molecular complexity index is 520. The second-order valence-corrected chi connectivity index (χ2v) is 5.62. The second kappa shape index (κ2) is 6.02. The van der Waals surface area contributed by atoms with Gasteiger partial charge in [0.25, 0.3) is 0 Å². The molecule has 1 heterocycles. The lowest BCUT2D eigenvalue weighted by Gasteiger charge is -2.06. The Morgan fingerprint density at radius 2 is 1.84 bits per heavy atom. The maximum absolute atomic E-state index is 4.61. The van der Waals surface area contributed by atoms with E-state index in [9.17, 15) is 0 Å². The molecule has 0 saturated heterocycles. The summed E-state index contributed by atoms with van der Waals surface area (Å²) in [5.74, 6) is 0.668. The van der Waals surface area contributed by atoms with Crippen LogP contribution in [-0.4, -0.2) is 16.3 Å². The average molecular weight is 257 g/mol. The molecule has 0 aliphatic heterocycles. The third-order valence-corrected chi connectivity index (χ3v) is 2.97. The maximum atomic E-state index is 4.61. The van der Waals surface area contributed by atoms with Crippen molar-refractivity contribution in [3.63, 3.8) is 0 Å². The van der Waals surface area contributed by atoms with Crippen molar-refractivity contribution in [2.24, 2.45) is 5.92 Å². The molecular weight excluding hydrogens is 234 g/mol. The van der Waals surface area contributed by atoms with Gasteiger partial charge in [0.2, 0.25) is 0 Å². The summed E-state index contributed by atoms with van der Waals surface area (Å²) in [5.41, 5.74) is 4.75. The normalized spacial score (nSPS) is 11.2. The second-order valence-electron chi connectivity index (χ2n) is 5.62. The predicted molar refractivity (Wildman–Crippen MR) is 79.6 cm³/mol. The SMILES string of the molecule is Cc1cc(C)cc(-n2ccc(CNCC(C)C)n2)c1. The van der Waals surface area contributed by atoms with E-state index in [2.05, 4.69) is 62.4 Å². The van der Waals surface area contributed by atoms with Gasteiger partial charge in [0.1, 0.15) is 0 Å². The highest BCUT2D eigenvalue weighted by Crippen LogP contribution is 2.13. The predicted octanol–water partition coefficient (Wildman–Crippen LogP) is 3.23. The first-order chi connectivity index (χ1) is 9.04. The number of aryl methyl sites for hydroxylation is 2. The van der Waals surface area contributed by atoms with Gasteiger partial charge < -0.3 is 5.32 Å². The van der Waals surface area contributed by atoms with Crippen molar-refractivity contribution < 1.29 is 0 Å². The van der Waals surface area contributed by atoms with Crippen LogP contribution in [0.3, 0.4) is 0 Å². The Labute approximate surface area is 115 Å².